The lowest BCUT2D eigenvalue weighted by molar-refractivity contribution is -0.908. The second-order valence-electron chi connectivity index (χ2n) is 26.5. The molecule has 0 saturated heterocycles. The Bertz CT molecular complexity index is 2760. The van der Waals surface area contributed by atoms with Crippen LogP contribution in [0, 0.1) is 0 Å². The first-order valence-electron chi connectivity index (χ1n) is 36.0. The highest BCUT2D eigenvalue weighted by atomic mass is 16.5. The summed E-state index contributed by atoms with van der Waals surface area (Å²) in [6.07, 6.45) is 3.27. The number of aldehydes is 1. The summed E-state index contributed by atoms with van der Waals surface area (Å²) in [5.74, 6) is -8.70. The second kappa shape index (κ2) is 83.9. The Balaban J connectivity index is -0.000000108. The Morgan fingerprint density at radius 2 is 0.581 bits per heavy atom. The molecule has 0 aliphatic heterocycles. The molecule has 4 atom stereocenters. The number of amides is 6. The molecular weight excluding hydrogens is 1540 g/mol. The van der Waals surface area contributed by atoms with Gasteiger partial charge in [0.25, 0.3) is 0 Å². The number of carboxylic acids is 6. The molecule has 4 unspecified atom stereocenters. The Kier molecular flexibility index (Phi) is 95.6. The van der Waals surface area contributed by atoms with Gasteiger partial charge in [-0.15, -0.1) is 0 Å². The molecule has 17 N–H and O–H groups in total. The summed E-state index contributed by atoms with van der Waals surface area (Å²) >= 11 is 0. The number of likely N-dealkylation sites (N-methyl/N-ethyl adjacent to an activating group) is 6. The quantitative estimate of drug-likeness (QED) is 0.0116. The lowest BCUT2D eigenvalue weighted by atomic mass is 10.3. The summed E-state index contributed by atoms with van der Waals surface area (Å²) < 4.78 is 1.49. The normalized spacial score (nSPS) is 11.5. The number of aliphatic hydroxyl groups excluding tert-OH is 6. The van der Waals surface area contributed by atoms with Gasteiger partial charge < -0.3 is 166 Å². The Morgan fingerprint density at radius 3 is 0.752 bits per heavy atom. The molecule has 0 aliphatic rings. The van der Waals surface area contributed by atoms with Crippen molar-refractivity contribution in [2.75, 3.05) is 226 Å². The van der Waals surface area contributed by atoms with E-state index in [0.29, 0.717) is 176 Å². The minimum Gasteiger partial charge on any atom is -0.884 e. The number of hydrogen-bond donors (Lipinski definition) is 14. The summed E-state index contributed by atoms with van der Waals surface area (Å²) in [6.45, 7) is 50.3. The van der Waals surface area contributed by atoms with Crippen LogP contribution in [-0.2, 0) is 62.3 Å². The summed E-state index contributed by atoms with van der Waals surface area (Å²) in [7, 11) is 11.1. The number of carbonyl (C=O) groups excluding carboxylic acids is 11. The van der Waals surface area contributed by atoms with Crippen LogP contribution in [0.2, 0.25) is 0 Å². The highest BCUT2D eigenvalue weighted by Crippen LogP contribution is 2.07. The van der Waals surface area contributed by atoms with E-state index in [1.807, 2.05) is 52.1 Å². The molecule has 682 valence electrons. The average molecular weight is 1690 g/mol. The zero-order valence-electron chi connectivity index (χ0n) is 71.4. The third kappa shape index (κ3) is 106. The maximum atomic E-state index is 11.3. The van der Waals surface area contributed by atoms with E-state index in [0.717, 1.165) is 44.5 Å². The minimum absolute atomic E-state index is 0. The van der Waals surface area contributed by atoms with Crippen LogP contribution in [0.1, 0.15) is 74.7 Å². The number of aliphatic hydroxyl groups is 6. The molecule has 0 bridgehead atoms. The number of aliphatic carboxylic acids is 6. The molecule has 6 amide bonds. The summed E-state index contributed by atoms with van der Waals surface area (Å²) in [5, 5.41) is 145. The van der Waals surface area contributed by atoms with Crippen molar-refractivity contribution in [1.29, 1.82) is 0 Å². The van der Waals surface area contributed by atoms with Crippen molar-refractivity contribution in [3.63, 3.8) is 0 Å². The fourth-order valence-electron chi connectivity index (χ4n) is 7.60. The molecular formula is C76H141N12O29-3. The second-order valence-corrected chi connectivity index (χ2v) is 26.5. The Hall–Kier alpha value is -9.99. The zero-order chi connectivity index (χ0) is 92.1. The van der Waals surface area contributed by atoms with Crippen LogP contribution < -0.4 is 62.5 Å². The van der Waals surface area contributed by atoms with Gasteiger partial charge in [0, 0.05) is 110 Å². The first-order chi connectivity index (χ1) is 53.1. The largest absolute Gasteiger partial charge is 0.884 e. The van der Waals surface area contributed by atoms with Crippen molar-refractivity contribution in [3.8, 4) is 0 Å². The molecule has 0 aromatic rings. The van der Waals surface area contributed by atoms with Gasteiger partial charge >= 0.3 is 11.9 Å². The predicted molar refractivity (Wildman–Crippen MR) is 428 cm³/mol. The fraction of sp³-hybridized carbons (Fsp3) is 0.592. The van der Waals surface area contributed by atoms with Gasteiger partial charge in [-0.25, -0.2) is 10.7 Å². The number of quaternary nitrogens is 4. The molecule has 117 heavy (non-hydrogen) atoms. The maximum absolute atomic E-state index is 11.3. The SMILES string of the molecule is C=C(C)C(=O)NCCN(C)CCO.C=C(C)C(=O)NCCN(C)CCO.C=C(C)C(=O)NCC[N+](C)(CC=C([O-])[O-])CCO.C=C(C)C(=O)NCC[N+](C)(CCO)CCC(=O)O.C=C(C)C(=O)NCC[N+](C)(CCO)CCC(=O)[O-].C=C(C)C(=O)NCC[N+](C)(CCO)CCC(=O)[O-].C=CC(=O)O.C=CC(=O)[O-].CC(=O)[O-].CC=O.O.[OH-]. The minimum atomic E-state index is -1.23. The smallest absolute Gasteiger partial charge is 0.327 e. The molecule has 0 aromatic heterocycles. The van der Waals surface area contributed by atoms with E-state index in [1.54, 1.807) is 41.5 Å². The number of hydrogen-bond acceptors (Lipinski definition) is 28. The van der Waals surface area contributed by atoms with Gasteiger partial charge in [-0.3, -0.25) is 33.6 Å². The molecule has 0 radical (unpaired) electrons. The summed E-state index contributed by atoms with van der Waals surface area (Å²) in [4.78, 5) is 139. The van der Waals surface area contributed by atoms with E-state index in [9.17, 15) is 68.4 Å². The molecule has 0 saturated carbocycles. The summed E-state index contributed by atoms with van der Waals surface area (Å²) in [6, 6.07) is 0. The van der Waals surface area contributed by atoms with Gasteiger partial charge in [0.1, 0.15) is 32.5 Å². The molecule has 41 nitrogen and oxygen atoms in total. The lowest BCUT2D eigenvalue weighted by Gasteiger charge is -2.34. The van der Waals surface area contributed by atoms with Crippen LogP contribution in [0.3, 0.4) is 0 Å². The molecule has 41 heteroatoms. The standard InChI is InChI=1S/4C12H22N2O4.2C9H18N2O2.2C3H4O2.C2H4O2.C2H4O.2H2O/c4*1-10(2)12(18)13-5-7-14(3,8-9-15)6-4-11(16)17;2*1-8(2)9(13)10-4-5-11(3)6-7-12;2*1-2-3(4)5;1-2(3)4;1-2-3;;/h3*15H,1,4-9H2,2-3H3,(H-,13,16,17,18);4,15H,1,5-9H2,2-3H3,(H2-,13,16,17,18);2*12H,1,4-7H2,2-3H3,(H,10,13);2*2H,1H2,(H,4,5);1H3,(H,3,4);2H,1H3;2*1H2/p-3. The Morgan fingerprint density at radius 1 is 0.376 bits per heavy atom. The number of carboxylic acid groups (broad SMARTS) is 6. The highest BCUT2D eigenvalue weighted by molar-refractivity contribution is 5.94. The third-order valence-corrected chi connectivity index (χ3v) is 14.8. The van der Waals surface area contributed by atoms with E-state index in [2.05, 4.69) is 84.5 Å². The van der Waals surface area contributed by atoms with E-state index in [-0.39, 0.29) is 112 Å². The number of carbonyl (C=O) groups is 13. The molecule has 0 heterocycles. The fourth-order valence-corrected chi connectivity index (χ4v) is 7.60. The first-order valence-corrected chi connectivity index (χ1v) is 36.0. The van der Waals surface area contributed by atoms with Gasteiger partial charge in [-0.2, -0.15) is 0 Å². The van der Waals surface area contributed by atoms with Crippen molar-refractivity contribution < 1.29 is 163 Å². The first kappa shape index (κ1) is 133. The van der Waals surface area contributed by atoms with Gasteiger partial charge in [0.15, 0.2) is 0 Å². The zero-order valence-corrected chi connectivity index (χ0v) is 71.4. The third-order valence-electron chi connectivity index (χ3n) is 14.8. The molecule has 0 spiro atoms. The van der Waals surface area contributed by atoms with E-state index < -0.39 is 41.8 Å². The van der Waals surface area contributed by atoms with Crippen LogP contribution in [0.15, 0.2) is 110 Å². The number of nitrogens with zero attached hydrogens (tertiary/aromatic N) is 6. The van der Waals surface area contributed by atoms with Gasteiger partial charge in [-0.05, 0) is 75.6 Å². The monoisotopic (exact) mass is 1690 g/mol. The van der Waals surface area contributed by atoms with Gasteiger partial charge in [-0.1, -0.05) is 58.7 Å². The van der Waals surface area contributed by atoms with Crippen LogP contribution in [0.4, 0.5) is 0 Å². The van der Waals surface area contributed by atoms with Crippen LogP contribution in [0.25, 0.3) is 0 Å². The van der Waals surface area contributed by atoms with Crippen molar-refractivity contribution in [2.24, 2.45) is 0 Å². The van der Waals surface area contributed by atoms with Gasteiger partial charge in [0.2, 0.25) is 35.4 Å². The van der Waals surface area contributed by atoms with Crippen LogP contribution in [0.5, 0.6) is 0 Å². The lowest BCUT2D eigenvalue weighted by Crippen LogP contribution is -2.52. The summed E-state index contributed by atoms with van der Waals surface area (Å²) in [5.41, 5.74) is 2.77. The van der Waals surface area contributed by atoms with E-state index in [1.165, 1.54) is 6.92 Å². The Labute approximate surface area is 690 Å². The molecule has 0 aromatic carbocycles. The topological polar surface area (TPSA) is 662 Å². The molecule has 0 rings (SSSR count). The number of rotatable bonds is 49. The van der Waals surface area contributed by atoms with Crippen molar-refractivity contribution in [1.82, 2.24) is 41.7 Å². The predicted octanol–water partition coefficient (Wildman–Crippen LogP) is -9.87. The van der Waals surface area contributed by atoms with Crippen molar-refractivity contribution >= 4 is 77.5 Å². The molecule has 0 aliphatic carbocycles. The van der Waals surface area contributed by atoms with E-state index >= 15 is 0 Å². The van der Waals surface area contributed by atoms with E-state index in [4.69, 9.17) is 65.4 Å². The van der Waals surface area contributed by atoms with Crippen LogP contribution in [-0.4, -0.2) is 383 Å². The van der Waals surface area contributed by atoms with Crippen molar-refractivity contribution in [2.45, 2.75) is 74.7 Å². The van der Waals surface area contributed by atoms with Crippen LogP contribution >= 0.6 is 0 Å². The molecule has 0 fully saturated rings. The van der Waals surface area contributed by atoms with Crippen molar-refractivity contribution in [3.05, 3.63) is 110 Å². The average Bonchev–Trinajstić information content (AvgIpc) is 0.912. The maximum Gasteiger partial charge on any atom is 0.327 e. The van der Waals surface area contributed by atoms with Gasteiger partial charge in [0.05, 0.1) is 159 Å². The highest BCUT2D eigenvalue weighted by Gasteiger charge is 2.25. The number of nitrogens with one attached hydrogen (secondary N) is 6.